The Morgan fingerprint density at radius 3 is 2.95 bits per heavy atom. The molecule has 6 heteroatoms. The molecule has 3 N–H and O–H groups in total. The Morgan fingerprint density at radius 1 is 1.50 bits per heavy atom. The topological polar surface area (TPSA) is 72.9 Å². The molecular formula is C14H17ClN4O. The number of hydrogen-bond donors (Lipinski definition) is 2. The number of amides is 1. The maximum atomic E-state index is 11.9. The van der Waals surface area contributed by atoms with Crippen LogP contribution in [0, 0.1) is 0 Å². The van der Waals surface area contributed by atoms with Crippen molar-refractivity contribution in [2.45, 2.75) is 19.5 Å². The molecule has 106 valence electrons. The summed E-state index contributed by atoms with van der Waals surface area (Å²) in [6, 6.07) is 7.50. The molecule has 5 nitrogen and oxygen atoms in total. The highest BCUT2D eigenvalue weighted by Crippen LogP contribution is 2.16. The Labute approximate surface area is 122 Å². The summed E-state index contributed by atoms with van der Waals surface area (Å²) in [6.07, 6.45) is 3.23. The SMILES string of the molecule is C[C@@H](CN)NC(=O)c1cnn(Cc2ccccc2Cl)c1. The molecule has 0 aliphatic rings. The molecular weight excluding hydrogens is 276 g/mol. The zero-order chi connectivity index (χ0) is 14.5. The third-order valence-electron chi connectivity index (χ3n) is 2.92. The van der Waals surface area contributed by atoms with Crippen LogP contribution in [-0.2, 0) is 6.54 Å². The molecule has 1 aromatic heterocycles. The molecule has 0 saturated heterocycles. The molecule has 1 amide bonds. The van der Waals surface area contributed by atoms with Crippen molar-refractivity contribution in [3.05, 3.63) is 52.8 Å². The second-order valence-corrected chi connectivity index (χ2v) is 5.04. The van der Waals surface area contributed by atoms with E-state index in [1.54, 1.807) is 10.9 Å². The minimum absolute atomic E-state index is 0.0607. The molecule has 1 atom stereocenters. The lowest BCUT2D eigenvalue weighted by atomic mass is 10.2. The van der Waals surface area contributed by atoms with Crippen molar-refractivity contribution in [1.82, 2.24) is 15.1 Å². The second-order valence-electron chi connectivity index (χ2n) is 4.63. The minimum atomic E-state index is -0.173. The van der Waals surface area contributed by atoms with Gasteiger partial charge in [-0.1, -0.05) is 29.8 Å². The molecule has 1 aromatic carbocycles. The van der Waals surface area contributed by atoms with Crippen LogP contribution in [0.25, 0.3) is 0 Å². The van der Waals surface area contributed by atoms with Crippen molar-refractivity contribution in [2.75, 3.05) is 6.54 Å². The summed E-state index contributed by atoms with van der Waals surface area (Å²) in [6.45, 7) is 2.78. The summed E-state index contributed by atoms with van der Waals surface area (Å²) in [4.78, 5) is 11.9. The quantitative estimate of drug-likeness (QED) is 0.880. The summed E-state index contributed by atoms with van der Waals surface area (Å²) in [7, 11) is 0. The standard InChI is InChI=1S/C14H17ClN4O/c1-10(6-16)18-14(20)12-7-17-19(9-12)8-11-4-2-3-5-13(11)15/h2-5,7,9-10H,6,8,16H2,1H3,(H,18,20)/t10-/m0/s1. The zero-order valence-electron chi connectivity index (χ0n) is 11.2. The highest BCUT2D eigenvalue weighted by Gasteiger charge is 2.11. The van der Waals surface area contributed by atoms with Gasteiger partial charge < -0.3 is 11.1 Å². The number of rotatable bonds is 5. The van der Waals surface area contributed by atoms with Gasteiger partial charge in [0.1, 0.15) is 0 Å². The first-order valence-corrected chi connectivity index (χ1v) is 6.74. The average molecular weight is 293 g/mol. The monoisotopic (exact) mass is 292 g/mol. The molecule has 0 aliphatic heterocycles. The summed E-state index contributed by atoms with van der Waals surface area (Å²) >= 11 is 6.10. The van der Waals surface area contributed by atoms with Crippen molar-refractivity contribution in [3.63, 3.8) is 0 Å². The van der Waals surface area contributed by atoms with Crippen LogP contribution >= 0.6 is 11.6 Å². The maximum absolute atomic E-state index is 11.9. The Morgan fingerprint density at radius 2 is 2.25 bits per heavy atom. The van der Waals surface area contributed by atoms with Crippen molar-refractivity contribution < 1.29 is 4.79 Å². The van der Waals surface area contributed by atoms with E-state index >= 15 is 0 Å². The Balaban J connectivity index is 2.06. The second kappa shape index (κ2) is 6.54. The van der Waals surface area contributed by atoms with Gasteiger partial charge in [0.05, 0.1) is 18.3 Å². The number of nitrogens with zero attached hydrogens (tertiary/aromatic N) is 2. The van der Waals surface area contributed by atoms with E-state index in [4.69, 9.17) is 17.3 Å². The predicted octanol–water partition coefficient (Wildman–Crippen LogP) is 1.66. The first-order chi connectivity index (χ1) is 9.60. The lowest BCUT2D eigenvalue weighted by molar-refractivity contribution is 0.0941. The number of carbonyl (C=O) groups is 1. The van der Waals surface area contributed by atoms with E-state index in [0.717, 1.165) is 5.56 Å². The number of halogens is 1. The van der Waals surface area contributed by atoms with Gasteiger partial charge in [0.25, 0.3) is 5.91 Å². The summed E-state index contributed by atoms with van der Waals surface area (Å²) in [5.74, 6) is -0.173. The van der Waals surface area contributed by atoms with E-state index in [1.165, 1.54) is 6.20 Å². The van der Waals surface area contributed by atoms with Crippen molar-refractivity contribution in [1.29, 1.82) is 0 Å². The van der Waals surface area contributed by atoms with Gasteiger partial charge in [-0.2, -0.15) is 5.10 Å². The molecule has 1 heterocycles. The first kappa shape index (κ1) is 14.6. The molecule has 0 saturated carbocycles. The van der Waals surface area contributed by atoms with Crippen LogP contribution in [0.15, 0.2) is 36.7 Å². The van der Waals surface area contributed by atoms with E-state index in [-0.39, 0.29) is 11.9 Å². The smallest absolute Gasteiger partial charge is 0.254 e. The zero-order valence-corrected chi connectivity index (χ0v) is 12.0. The highest BCUT2D eigenvalue weighted by molar-refractivity contribution is 6.31. The highest BCUT2D eigenvalue weighted by atomic mass is 35.5. The van der Waals surface area contributed by atoms with Crippen LogP contribution in [-0.4, -0.2) is 28.3 Å². The summed E-state index contributed by atoms with van der Waals surface area (Å²) in [5.41, 5.74) is 6.94. The van der Waals surface area contributed by atoms with Gasteiger partial charge in [0.2, 0.25) is 0 Å². The van der Waals surface area contributed by atoms with Crippen molar-refractivity contribution >= 4 is 17.5 Å². The molecule has 2 rings (SSSR count). The number of aromatic nitrogens is 2. The van der Waals surface area contributed by atoms with Crippen LogP contribution in [0.4, 0.5) is 0 Å². The van der Waals surface area contributed by atoms with E-state index in [9.17, 15) is 4.79 Å². The Bertz CT molecular complexity index is 596. The fourth-order valence-electron chi connectivity index (χ4n) is 1.73. The average Bonchev–Trinajstić information content (AvgIpc) is 2.90. The predicted molar refractivity (Wildman–Crippen MR) is 78.8 cm³/mol. The van der Waals surface area contributed by atoms with E-state index in [1.807, 2.05) is 31.2 Å². The molecule has 0 unspecified atom stereocenters. The molecule has 0 spiro atoms. The third-order valence-corrected chi connectivity index (χ3v) is 3.29. The van der Waals surface area contributed by atoms with Gasteiger partial charge in [-0.25, -0.2) is 0 Å². The van der Waals surface area contributed by atoms with Crippen LogP contribution in [0.2, 0.25) is 5.02 Å². The van der Waals surface area contributed by atoms with E-state index in [2.05, 4.69) is 10.4 Å². The number of benzene rings is 1. The minimum Gasteiger partial charge on any atom is -0.348 e. The van der Waals surface area contributed by atoms with Gasteiger partial charge in [0.15, 0.2) is 0 Å². The summed E-state index contributed by atoms with van der Waals surface area (Å²) < 4.78 is 1.68. The van der Waals surface area contributed by atoms with Crippen LogP contribution in [0.3, 0.4) is 0 Å². The Hall–Kier alpha value is -1.85. The first-order valence-electron chi connectivity index (χ1n) is 6.37. The number of nitrogens with two attached hydrogens (primary N) is 1. The number of carbonyl (C=O) groups excluding carboxylic acids is 1. The van der Waals surface area contributed by atoms with E-state index < -0.39 is 0 Å². The normalized spacial score (nSPS) is 12.2. The molecule has 2 aromatic rings. The third kappa shape index (κ3) is 3.59. The van der Waals surface area contributed by atoms with E-state index in [0.29, 0.717) is 23.7 Å². The number of hydrogen-bond acceptors (Lipinski definition) is 3. The largest absolute Gasteiger partial charge is 0.348 e. The molecule has 0 fully saturated rings. The molecule has 0 radical (unpaired) electrons. The van der Waals surface area contributed by atoms with Gasteiger partial charge in [-0.05, 0) is 18.6 Å². The van der Waals surface area contributed by atoms with Crippen LogP contribution in [0.5, 0.6) is 0 Å². The Kier molecular flexibility index (Phi) is 4.76. The van der Waals surface area contributed by atoms with Gasteiger partial charge in [0, 0.05) is 23.8 Å². The van der Waals surface area contributed by atoms with Crippen molar-refractivity contribution in [2.24, 2.45) is 5.73 Å². The molecule has 20 heavy (non-hydrogen) atoms. The lowest BCUT2D eigenvalue weighted by Gasteiger charge is -2.09. The summed E-state index contributed by atoms with van der Waals surface area (Å²) in [5, 5.41) is 7.65. The molecule has 0 aliphatic carbocycles. The fourth-order valence-corrected chi connectivity index (χ4v) is 1.93. The number of nitrogens with one attached hydrogen (secondary N) is 1. The van der Waals surface area contributed by atoms with Gasteiger partial charge >= 0.3 is 0 Å². The van der Waals surface area contributed by atoms with Crippen LogP contribution < -0.4 is 11.1 Å². The molecule has 0 bridgehead atoms. The maximum Gasteiger partial charge on any atom is 0.254 e. The van der Waals surface area contributed by atoms with Crippen molar-refractivity contribution in [3.8, 4) is 0 Å². The van der Waals surface area contributed by atoms with Gasteiger partial charge in [-0.15, -0.1) is 0 Å². The van der Waals surface area contributed by atoms with Crippen LogP contribution in [0.1, 0.15) is 22.8 Å². The fraction of sp³-hybridized carbons (Fsp3) is 0.286. The van der Waals surface area contributed by atoms with Gasteiger partial charge in [-0.3, -0.25) is 9.48 Å². The lowest BCUT2D eigenvalue weighted by Crippen LogP contribution is -2.37.